The van der Waals surface area contributed by atoms with Crippen LogP contribution in [0.5, 0.6) is 5.75 Å². The lowest BCUT2D eigenvalue weighted by Gasteiger charge is -2.12. The van der Waals surface area contributed by atoms with Crippen LogP contribution in [0.25, 0.3) is 11.0 Å². The summed E-state index contributed by atoms with van der Waals surface area (Å²) in [5.74, 6) is 1.00. The minimum atomic E-state index is -0.129. The largest absolute Gasteiger partial charge is 0.491 e. The molecule has 0 unspecified atom stereocenters. The summed E-state index contributed by atoms with van der Waals surface area (Å²) in [6, 6.07) is 4.91. The second kappa shape index (κ2) is 5.49. The molecule has 0 atom stereocenters. The van der Waals surface area contributed by atoms with Crippen LogP contribution < -0.4 is 10.2 Å². The van der Waals surface area contributed by atoms with Gasteiger partial charge in [0.15, 0.2) is 5.43 Å². The van der Waals surface area contributed by atoms with Gasteiger partial charge in [-0.2, -0.15) is 0 Å². The maximum atomic E-state index is 12.1. The first-order chi connectivity index (χ1) is 9.36. The van der Waals surface area contributed by atoms with Crippen LogP contribution in [0.2, 0.25) is 0 Å². The van der Waals surface area contributed by atoms with Crippen LogP contribution in [0.3, 0.4) is 0 Å². The third-order valence-electron chi connectivity index (χ3n) is 2.85. The van der Waals surface area contributed by atoms with Crippen LogP contribution in [0.4, 0.5) is 0 Å². The number of benzene rings is 1. The maximum Gasteiger partial charge on any atom is 0.193 e. The number of ether oxygens (including phenoxy) is 1. The topological polar surface area (TPSA) is 56.5 Å². The van der Waals surface area contributed by atoms with Crippen LogP contribution >= 0.6 is 0 Å². The van der Waals surface area contributed by atoms with Crippen molar-refractivity contribution >= 4 is 16.8 Å². The summed E-state index contributed by atoms with van der Waals surface area (Å²) in [6.07, 6.45) is 0.165. The van der Waals surface area contributed by atoms with Gasteiger partial charge in [-0.15, -0.1) is 0 Å². The molecular formula is C16H18O4. The Labute approximate surface area is 117 Å². The van der Waals surface area contributed by atoms with Gasteiger partial charge in [0.05, 0.1) is 17.9 Å². The predicted octanol–water partition coefficient (Wildman–Crippen LogP) is 3.02. The van der Waals surface area contributed by atoms with Gasteiger partial charge in [-0.1, -0.05) is 0 Å². The third kappa shape index (κ3) is 3.07. The zero-order valence-corrected chi connectivity index (χ0v) is 12.1. The molecule has 1 aromatic heterocycles. The van der Waals surface area contributed by atoms with Crippen molar-refractivity contribution in [3.63, 3.8) is 0 Å². The lowest BCUT2D eigenvalue weighted by Crippen LogP contribution is -2.09. The monoisotopic (exact) mass is 274 g/mol. The van der Waals surface area contributed by atoms with E-state index in [-0.39, 0.29) is 23.7 Å². The van der Waals surface area contributed by atoms with Crippen LogP contribution in [-0.2, 0) is 11.2 Å². The first-order valence-electron chi connectivity index (χ1n) is 6.60. The number of rotatable bonds is 4. The number of ketones is 1. The van der Waals surface area contributed by atoms with E-state index in [1.165, 1.54) is 13.0 Å². The van der Waals surface area contributed by atoms with Crippen molar-refractivity contribution in [1.82, 2.24) is 0 Å². The van der Waals surface area contributed by atoms with Crippen molar-refractivity contribution in [2.75, 3.05) is 0 Å². The van der Waals surface area contributed by atoms with Crippen molar-refractivity contribution in [2.45, 2.75) is 40.2 Å². The number of hydrogen-bond donors (Lipinski definition) is 0. The SMILES string of the molecule is CC(=O)Cc1cc(=O)c2c(C)cc(OC(C)C)cc2o1. The molecular weight excluding hydrogens is 256 g/mol. The summed E-state index contributed by atoms with van der Waals surface area (Å²) in [4.78, 5) is 23.3. The molecule has 0 N–H and O–H groups in total. The molecule has 2 rings (SSSR count). The van der Waals surface area contributed by atoms with Crippen LogP contribution in [-0.4, -0.2) is 11.9 Å². The van der Waals surface area contributed by atoms with Gasteiger partial charge in [0.25, 0.3) is 0 Å². The Kier molecular flexibility index (Phi) is 3.93. The van der Waals surface area contributed by atoms with Crippen molar-refractivity contribution in [1.29, 1.82) is 0 Å². The van der Waals surface area contributed by atoms with E-state index in [1.807, 2.05) is 26.8 Å². The predicted molar refractivity (Wildman–Crippen MR) is 77.4 cm³/mol. The van der Waals surface area contributed by atoms with Crippen molar-refractivity contribution in [2.24, 2.45) is 0 Å². The van der Waals surface area contributed by atoms with Gasteiger partial charge in [-0.05, 0) is 39.3 Å². The van der Waals surface area contributed by atoms with Crippen LogP contribution in [0, 0.1) is 6.92 Å². The fourth-order valence-electron chi connectivity index (χ4n) is 2.18. The number of carbonyl (C=O) groups excluding carboxylic acids is 1. The average molecular weight is 274 g/mol. The van der Waals surface area contributed by atoms with E-state index in [9.17, 15) is 9.59 Å². The van der Waals surface area contributed by atoms with Gasteiger partial charge in [0.2, 0.25) is 0 Å². The average Bonchev–Trinajstić information content (AvgIpc) is 2.24. The third-order valence-corrected chi connectivity index (χ3v) is 2.85. The second-order valence-corrected chi connectivity index (χ2v) is 5.24. The van der Waals surface area contributed by atoms with Gasteiger partial charge in [0.1, 0.15) is 22.9 Å². The zero-order valence-electron chi connectivity index (χ0n) is 12.1. The molecule has 0 saturated heterocycles. The normalized spacial score (nSPS) is 11.1. The Balaban J connectivity index is 2.60. The Morgan fingerprint density at radius 2 is 2.00 bits per heavy atom. The molecule has 0 radical (unpaired) electrons. The van der Waals surface area contributed by atoms with Crippen molar-refractivity contribution < 1.29 is 13.9 Å². The molecule has 1 heterocycles. The molecule has 0 aliphatic rings. The highest BCUT2D eigenvalue weighted by atomic mass is 16.5. The molecule has 0 aliphatic heterocycles. The summed E-state index contributed by atoms with van der Waals surface area (Å²) >= 11 is 0. The number of fused-ring (bicyclic) bond motifs is 1. The summed E-state index contributed by atoms with van der Waals surface area (Å²) in [5.41, 5.74) is 1.14. The van der Waals surface area contributed by atoms with Crippen LogP contribution in [0.1, 0.15) is 32.1 Å². The van der Waals surface area contributed by atoms with E-state index in [0.717, 1.165) is 5.56 Å². The highest BCUT2D eigenvalue weighted by Gasteiger charge is 2.11. The summed E-state index contributed by atoms with van der Waals surface area (Å²) in [6.45, 7) is 7.18. The van der Waals surface area contributed by atoms with E-state index >= 15 is 0 Å². The smallest absolute Gasteiger partial charge is 0.193 e. The number of hydrogen-bond acceptors (Lipinski definition) is 4. The Hall–Kier alpha value is -2.10. The standard InChI is InChI=1S/C16H18O4/c1-9(2)19-12-5-10(3)16-14(18)7-13(6-11(4)17)20-15(16)8-12/h5,7-9H,6H2,1-4H3. The molecule has 0 spiro atoms. The fraction of sp³-hybridized carbons (Fsp3) is 0.375. The fourth-order valence-corrected chi connectivity index (χ4v) is 2.18. The van der Waals surface area contributed by atoms with E-state index in [1.54, 1.807) is 6.07 Å². The van der Waals surface area contributed by atoms with E-state index in [0.29, 0.717) is 22.5 Å². The minimum Gasteiger partial charge on any atom is -0.491 e. The van der Waals surface area contributed by atoms with Crippen LogP contribution in [0.15, 0.2) is 27.4 Å². The highest BCUT2D eigenvalue weighted by Crippen LogP contribution is 2.24. The van der Waals surface area contributed by atoms with Crippen molar-refractivity contribution in [3.05, 3.63) is 39.7 Å². The summed E-state index contributed by atoms with van der Waals surface area (Å²) in [7, 11) is 0. The maximum absolute atomic E-state index is 12.1. The molecule has 0 fully saturated rings. The molecule has 2 aromatic rings. The van der Waals surface area contributed by atoms with E-state index < -0.39 is 0 Å². The summed E-state index contributed by atoms with van der Waals surface area (Å²) in [5, 5.41) is 0.536. The Morgan fingerprint density at radius 3 is 2.60 bits per heavy atom. The molecule has 106 valence electrons. The lowest BCUT2D eigenvalue weighted by molar-refractivity contribution is -0.116. The Morgan fingerprint density at radius 1 is 1.30 bits per heavy atom. The van der Waals surface area contributed by atoms with Gasteiger partial charge >= 0.3 is 0 Å². The quantitative estimate of drug-likeness (QED) is 0.860. The highest BCUT2D eigenvalue weighted by molar-refractivity contribution is 5.83. The lowest BCUT2D eigenvalue weighted by atomic mass is 10.1. The molecule has 0 aliphatic carbocycles. The molecule has 0 amide bonds. The minimum absolute atomic E-state index is 0.0407. The van der Waals surface area contributed by atoms with Gasteiger partial charge in [-0.3, -0.25) is 9.59 Å². The summed E-state index contributed by atoms with van der Waals surface area (Å²) < 4.78 is 11.3. The number of Topliss-reactive ketones (excluding diaryl/α,β-unsaturated/α-hetero) is 1. The zero-order chi connectivity index (χ0) is 14.9. The molecule has 4 nitrogen and oxygen atoms in total. The molecule has 0 saturated carbocycles. The van der Waals surface area contributed by atoms with Gasteiger partial charge in [-0.25, -0.2) is 0 Å². The van der Waals surface area contributed by atoms with E-state index in [2.05, 4.69) is 0 Å². The molecule has 1 aromatic carbocycles. The van der Waals surface area contributed by atoms with Crippen molar-refractivity contribution in [3.8, 4) is 5.75 Å². The molecule has 4 heteroatoms. The molecule has 20 heavy (non-hydrogen) atoms. The second-order valence-electron chi connectivity index (χ2n) is 5.24. The first-order valence-corrected chi connectivity index (χ1v) is 6.60. The van der Waals surface area contributed by atoms with Gasteiger partial charge in [0, 0.05) is 12.1 Å². The molecule has 0 bridgehead atoms. The van der Waals surface area contributed by atoms with E-state index in [4.69, 9.17) is 9.15 Å². The van der Waals surface area contributed by atoms with Gasteiger partial charge < -0.3 is 9.15 Å². The number of carbonyl (C=O) groups is 1. The Bertz CT molecular complexity index is 710. The number of aryl methyl sites for hydroxylation is 1. The first kappa shape index (κ1) is 14.3.